The highest BCUT2D eigenvalue weighted by Gasteiger charge is 2.29. The van der Waals surface area contributed by atoms with Crippen molar-refractivity contribution >= 4 is 5.91 Å². The van der Waals surface area contributed by atoms with E-state index in [4.69, 9.17) is 4.74 Å². The second-order valence-corrected chi connectivity index (χ2v) is 7.47. The number of aromatic nitrogens is 3. The van der Waals surface area contributed by atoms with Gasteiger partial charge in [-0.1, -0.05) is 12.1 Å². The molecule has 0 aliphatic carbocycles. The van der Waals surface area contributed by atoms with Crippen LogP contribution in [-0.4, -0.2) is 57.2 Å². The summed E-state index contributed by atoms with van der Waals surface area (Å²) in [6, 6.07) is 8.30. The number of rotatable bonds is 4. The van der Waals surface area contributed by atoms with Crippen molar-refractivity contribution in [3.8, 4) is 5.75 Å². The molecule has 0 radical (unpaired) electrons. The van der Waals surface area contributed by atoms with Gasteiger partial charge in [0, 0.05) is 32.5 Å². The average Bonchev–Trinajstić information content (AvgIpc) is 3.12. The van der Waals surface area contributed by atoms with Crippen molar-refractivity contribution in [2.24, 2.45) is 0 Å². The summed E-state index contributed by atoms with van der Waals surface area (Å²) in [5.74, 6) is 3.50. The molecular weight excluding hydrogens is 342 g/mol. The molecule has 0 N–H and O–H groups in total. The highest BCUT2D eigenvalue weighted by molar-refractivity contribution is 5.73. The maximum Gasteiger partial charge on any atom is 0.219 e. The predicted octanol–water partition coefficient (Wildman–Crippen LogP) is 2.03. The SMILES string of the molecule is COc1cccc(CN2CCC(c3nnc4n3CCN(C(C)=O)C4)CC2)c1. The molecule has 4 rings (SSSR count). The Labute approximate surface area is 159 Å². The minimum atomic E-state index is 0.108. The molecule has 3 heterocycles. The van der Waals surface area contributed by atoms with Crippen LogP contribution in [0.3, 0.4) is 0 Å². The third-order valence-electron chi connectivity index (χ3n) is 5.72. The zero-order valence-electron chi connectivity index (χ0n) is 16.1. The van der Waals surface area contributed by atoms with Gasteiger partial charge < -0.3 is 14.2 Å². The first-order valence-electron chi connectivity index (χ1n) is 9.67. The molecule has 27 heavy (non-hydrogen) atoms. The van der Waals surface area contributed by atoms with Crippen molar-refractivity contribution < 1.29 is 9.53 Å². The Morgan fingerprint density at radius 1 is 1.19 bits per heavy atom. The first kappa shape index (κ1) is 18.0. The van der Waals surface area contributed by atoms with Crippen molar-refractivity contribution in [3.05, 3.63) is 41.5 Å². The maximum absolute atomic E-state index is 11.6. The number of methoxy groups -OCH3 is 1. The Morgan fingerprint density at radius 2 is 2.00 bits per heavy atom. The van der Waals surface area contributed by atoms with Gasteiger partial charge in [0.15, 0.2) is 5.82 Å². The molecule has 0 bridgehead atoms. The van der Waals surface area contributed by atoms with E-state index in [0.717, 1.165) is 63.0 Å². The minimum Gasteiger partial charge on any atom is -0.497 e. The normalized spacial score (nSPS) is 18.4. The number of carbonyl (C=O) groups is 1. The van der Waals surface area contributed by atoms with Crippen LogP contribution in [0.25, 0.3) is 0 Å². The van der Waals surface area contributed by atoms with Crippen molar-refractivity contribution in [3.63, 3.8) is 0 Å². The largest absolute Gasteiger partial charge is 0.497 e. The molecule has 2 aliphatic heterocycles. The summed E-state index contributed by atoms with van der Waals surface area (Å²) in [4.78, 5) is 15.9. The van der Waals surface area contributed by atoms with Gasteiger partial charge in [0.05, 0.1) is 13.7 Å². The zero-order valence-corrected chi connectivity index (χ0v) is 16.1. The number of hydrogen-bond acceptors (Lipinski definition) is 5. The summed E-state index contributed by atoms with van der Waals surface area (Å²) in [6.07, 6.45) is 2.19. The van der Waals surface area contributed by atoms with Gasteiger partial charge >= 0.3 is 0 Å². The van der Waals surface area contributed by atoms with Crippen molar-refractivity contribution in [1.29, 1.82) is 0 Å². The Bertz CT molecular complexity index is 810. The fraction of sp³-hybridized carbons (Fsp3) is 0.550. The molecule has 144 valence electrons. The fourth-order valence-electron chi connectivity index (χ4n) is 4.13. The van der Waals surface area contributed by atoms with Crippen LogP contribution in [0.1, 0.15) is 42.9 Å². The summed E-state index contributed by atoms with van der Waals surface area (Å²) in [5, 5.41) is 8.85. The highest BCUT2D eigenvalue weighted by Crippen LogP contribution is 2.29. The summed E-state index contributed by atoms with van der Waals surface area (Å²) >= 11 is 0. The molecule has 0 unspecified atom stereocenters. The Balaban J connectivity index is 1.37. The summed E-state index contributed by atoms with van der Waals surface area (Å²) < 4.78 is 7.56. The number of likely N-dealkylation sites (tertiary alicyclic amines) is 1. The number of benzene rings is 1. The van der Waals surface area contributed by atoms with Crippen LogP contribution in [0.4, 0.5) is 0 Å². The minimum absolute atomic E-state index is 0.108. The number of amides is 1. The molecule has 1 amide bonds. The summed E-state index contributed by atoms with van der Waals surface area (Å²) in [5.41, 5.74) is 1.29. The van der Waals surface area contributed by atoms with Crippen LogP contribution in [0.2, 0.25) is 0 Å². The van der Waals surface area contributed by atoms with Gasteiger partial charge in [0.2, 0.25) is 5.91 Å². The van der Waals surface area contributed by atoms with Crippen LogP contribution in [0.15, 0.2) is 24.3 Å². The Kier molecular flexibility index (Phi) is 5.11. The first-order chi connectivity index (χ1) is 13.1. The van der Waals surface area contributed by atoms with Gasteiger partial charge in [-0.05, 0) is 43.6 Å². The quantitative estimate of drug-likeness (QED) is 0.825. The van der Waals surface area contributed by atoms with E-state index >= 15 is 0 Å². The summed E-state index contributed by atoms with van der Waals surface area (Å²) in [7, 11) is 1.71. The molecule has 1 aromatic carbocycles. The number of carbonyl (C=O) groups excluding carboxylic acids is 1. The number of nitrogens with zero attached hydrogens (tertiary/aromatic N) is 5. The van der Waals surface area contributed by atoms with Gasteiger partial charge in [-0.15, -0.1) is 10.2 Å². The lowest BCUT2D eigenvalue weighted by atomic mass is 9.95. The van der Waals surface area contributed by atoms with E-state index < -0.39 is 0 Å². The molecular formula is C20H27N5O2. The molecule has 1 aromatic heterocycles. The second kappa shape index (κ2) is 7.68. The average molecular weight is 369 g/mol. The third kappa shape index (κ3) is 3.83. The van der Waals surface area contributed by atoms with Gasteiger partial charge in [0.25, 0.3) is 0 Å². The molecule has 1 fully saturated rings. The van der Waals surface area contributed by atoms with Gasteiger partial charge in [-0.25, -0.2) is 0 Å². The van der Waals surface area contributed by atoms with Crippen molar-refractivity contribution in [2.75, 3.05) is 26.7 Å². The summed E-state index contributed by atoms with van der Waals surface area (Å²) in [6.45, 7) is 6.83. The van der Waals surface area contributed by atoms with Gasteiger partial charge in [0.1, 0.15) is 11.6 Å². The van der Waals surface area contributed by atoms with Gasteiger partial charge in [-0.3, -0.25) is 9.69 Å². The van der Waals surface area contributed by atoms with E-state index in [2.05, 4.69) is 31.8 Å². The van der Waals surface area contributed by atoms with Crippen LogP contribution in [0, 0.1) is 0 Å². The van der Waals surface area contributed by atoms with Crippen LogP contribution in [-0.2, 0) is 24.4 Å². The molecule has 7 nitrogen and oxygen atoms in total. The predicted molar refractivity (Wildman–Crippen MR) is 101 cm³/mol. The number of fused-ring (bicyclic) bond motifs is 1. The van der Waals surface area contributed by atoms with E-state index in [-0.39, 0.29) is 5.91 Å². The standard InChI is InChI=1S/C20H27N5O2/c1-15(26)24-10-11-25-19(14-24)21-22-20(25)17-6-8-23(9-7-17)13-16-4-3-5-18(12-16)27-2/h3-5,12,17H,6-11,13-14H2,1-2H3. The molecule has 0 spiro atoms. The maximum atomic E-state index is 11.6. The molecule has 7 heteroatoms. The lowest BCUT2D eigenvalue weighted by molar-refractivity contribution is -0.130. The first-order valence-corrected chi connectivity index (χ1v) is 9.67. The highest BCUT2D eigenvalue weighted by atomic mass is 16.5. The fourth-order valence-corrected chi connectivity index (χ4v) is 4.13. The van der Waals surface area contributed by atoms with Crippen molar-refractivity contribution in [2.45, 2.75) is 45.3 Å². The monoisotopic (exact) mass is 369 g/mol. The van der Waals surface area contributed by atoms with Crippen LogP contribution in [0.5, 0.6) is 5.75 Å². The molecule has 2 aromatic rings. The number of ether oxygens (including phenoxy) is 1. The zero-order chi connectivity index (χ0) is 18.8. The number of piperidine rings is 1. The van der Waals surface area contributed by atoms with Crippen LogP contribution >= 0.6 is 0 Å². The van der Waals surface area contributed by atoms with E-state index in [1.54, 1.807) is 14.0 Å². The lowest BCUT2D eigenvalue weighted by Crippen LogP contribution is -2.38. The number of hydrogen-bond donors (Lipinski definition) is 0. The lowest BCUT2D eigenvalue weighted by Gasteiger charge is -2.33. The second-order valence-electron chi connectivity index (χ2n) is 7.47. The van der Waals surface area contributed by atoms with E-state index in [1.807, 2.05) is 17.0 Å². The van der Waals surface area contributed by atoms with E-state index in [9.17, 15) is 4.79 Å². The van der Waals surface area contributed by atoms with Crippen molar-refractivity contribution in [1.82, 2.24) is 24.6 Å². The van der Waals surface area contributed by atoms with E-state index in [0.29, 0.717) is 12.5 Å². The Hall–Kier alpha value is -2.41. The van der Waals surface area contributed by atoms with Gasteiger partial charge in [-0.2, -0.15) is 0 Å². The molecule has 2 aliphatic rings. The molecule has 0 atom stereocenters. The molecule has 0 saturated carbocycles. The Morgan fingerprint density at radius 3 is 2.74 bits per heavy atom. The van der Waals surface area contributed by atoms with Crippen LogP contribution < -0.4 is 4.74 Å². The molecule has 1 saturated heterocycles. The topological polar surface area (TPSA) is 63.5 Å². The smallest absolute Gasteiger partial charge is 0.219 e. The third-order valence-corrected chi connectivity index (χ3v) is 5.72. The van der Waals surface area contributed by atoms with E-state index in [1.165, 1.54) is 5.56 Å².